The molecule has 1 heterocycles. The van der Waals surface area contributed by atoms with Gasteiger partial charge in [0.1, 0.15) is 0 Å². The van der Waals surface area contributed by atoms with Gasteiger partial charge < -0.3 is 5.11 Å². The lowest BCUT2D eigenvalue weighted by molar-refractivity contribution is 0.396. The van der Waals surface area contributed by atoms with Gasteiger partial charge in [0, 0.05) is 13.1 Å². The van der Waals surface area contributed by atoms with Crippen LogP contribution in [0.25, 0.3) is 0 Å². The van der Waals surface area contributed by atoms with Crippen molar-refractivity contribution in [2.45, 2.75) is 13.0 Å². The first-order chi connectivity index (χ1) is 7.79. The molecule has 1 rings (SSSR count). The summed E-state index contributed by atoms with van der Waals surface area (Å²) < 4.78 is 24.7. The summed E-state index contributed by atoms with van der Waals surface area (Å²) >= 11 is 0. The molecular weight excluding hydrogens is 250 g/mol. The molecule has 17 heavy (non-hydrogen) atoms. The van der Waals surface area contributed by atoms with Gasteiger partial charge in [-0.2, -0.15) is 0 Å². The third-order valence-electron chi connectivity index (χ3n) is 1.93. The normalized spacial score (nSPS) is 11.6. The molecule has 0 unspecified atom stereocenters. The molecule has 96 valence electrons. The van der Waals surface area contributed by atoms with Crippen molar-refractivity contribution < 1.29 is 13.5 Å². The molecule has 0 radical (unpaired) electrons. The second-order valence-electron chi connectivity index (χ2n) is 3.47. The molecule has 0 amide bonds. The van der Waals surface area contributed by atoms with E-state index in [2.05, 4.69) is 4.72 Å². The smallest absolute Gasteiger partial charge is 0.331 e. The maximum absolute atomic E-state index is 11.3. The molecule has 0 atom stereocenters. The van der Waals surface area contributed by atoms with Crippen LogP contribution in [0.3, 0.4) is 0 Å². The van der Waals surface area contributed by atoms with Crippen LogP contribution in [0.5, 0.6) is 5.88 Å². The number of aromatic hydroxyl groups is 1. The van der Waals surface area contributed by atoms with Gasteiger partial charge in [-0.3, -0.25) is 14.3 Å². The van der Waals surface area contributed by atoms with Crippen LogP contribution < -0.4 is 16.0 Å². The number of nitrogens with zero attached hydrogens (tertiary/aromatic N) is 1. The number of sulfonamides is 1. The minimum Gasteiger partial charge on any atom is -0.494 e. The standard InChI is InChI=1S/C8H13N3O5S/c1-17(15,16)9-3-2-4-11-7(13)5-6(12)10-8(11)14/h5,9,13H,2-4H2,1H3,(H,10,12,14). The number of rotatable bonds is 5. The Labute approximate surface area is 97.0 Å². The Bertz CT molecular complexity index is 600. The average molecular weight is 263 g/mol. The maximum atomic E-state index is 11.3. The predicted molar refractivity (Wildman–Crippen MR) is 60.5 cm³/mol. The summed E-state index contributed by atoms with van der Waals surface area (Å²) in [4.78, 5) is 24.1. The van der Waals surface area contributed by atoms with Gasteiger partial charge in [-0.25, -0.2) is 17.9 Å². The molecule has 0 fully saturated rings. The van der Waals surface area contributed by atoms with Crippen LogP contribution in [0, 0.1) is 0 Å². The second-order valence-corrected chi connectivity index (χ2v) is 5.30. The van der Waals surface area contributed by atoms with Crippen LogP contribution in [-0.4, -0.2) is 35.9 Å². The molecule has 0 aromatic carbocycles. The Morgan fingerprint density at radius 2 is 2.12 bits per heavy atom. The first kappa shape index (κ1) is 13.5. The van der Waals surface area contributed by atoms with E-state index in [4.69, 9.17) is 0 Å². The average Bonchev–Trinajstić information content (AvgIpc) is 2.13. The first-order valence-corrected chi connectivity index (χ1v) is 6.66. The molecule has 0 saturated carbocycles. The first-order valence-electron chi connectivity index (χ1n) is 4.77. The van der Waals surface area contributed by atoms with Gasteiger partial charge in [-0.1, -0.05) is 0 Å². The van der Waals surface area contributed by atoms with E-state index in [0.717, 1.165) is 16.9 Å². The summed E-state index contributed by atoms with van der Waals surface area (Å²) in [5.74, 6) is -0.446. The third-order valence-corrected chi connectivity index (χ3v) is 2.66. The zero-order valence-corrected chi connectivity index (χ0v) is 9.95. The van der Waals surface area contributed by atoms with Gasteiger partial charge in [0.25, 0.3) is 5.56 Å². The molecule has 0 spiro atoms. The molecule has 0 aliphatic heterocycles. The summed E-state index contributed by atoms with van der Waals surface area (Å²) in [6.45, 7) is 0.244. The van der Waals surface area contributed by atoms with Gasteiger partial charge in [0.2, 0.25) is 15.9 Å². The second kappa shape index (κ2) is 5.15. The molecular formula is C8H13N3O5S. The van der Waals surface area contributed by atoms with Crippen LogP contribution >= 0.6 is 0 Å². The maximum Gasteiger partial charge on any atom is 0.331 e. The van der Waals surface area contributed by atoms with E-state index < -0.39 is 27.2 Å². The van der Waals surface area contributed by atoms with E-state index in [0.29, 0.717) is 6.42 Å². The van der Waals surface area contributed by atoms with Crippen LogP contribution in [0.15, 0.2) is 15.7 Å². The molecule has 0 bridgehead atoms. The highest BCUT2D eigenvalue weighted by atomic mass is 32.2. The van der Waals surface area contributed by atoms with Crippen molar-refractivity contribution in [1.29, 1.82) is 0 Å². The van der Waals surface area contributed by atoms with Crippen molar-refractivity contribution in [2.75, 3.05) is 12.8 Å². The van der Waals surface area contributed by atoms with Crippen molar-refractivity contribution in [2.24, 2.45) is 0 Å². The number of hydrogen-bond donors (Lipinski definition) is 3. The molecule has 1 aromatic heterocycles. The highest BCUT2D eigenvalue weighted by Crippen LogP contribution is 2.00. The number of aromatic amines is 1. The monoisotopic (exact) mass is 263 g/mol. The van der Waals surface area contributed by atoms with Gasteiger partial charge in [-0.15, -0.1) is 0 Å². The Balaban J connectivity index is 2.65. The van der Waals surface area contributed by atoms with Crippen molar-refractivity contribution in [3.8, 4) is 5.88 Å². The molecule has 1 aromatic rings. The van der Waals surface area contributed by atoms with Crippen LogP contribution in [0.2, 0.25) is 0 Å². The molecule has 0 saturated heterocycles. The summed E-state index contributed by atoms with van der Waals surface area (Å²) in [6.07, 6.45) is 1.34. The number of H-pyrrole nitrogens is 1. The number of nitrogens with one attached hydrogen (secondary N) is 2. The SMILES string of the molecule is CS(=O)(=O)NCCCn1c(O)cc(=O)[nH]c1=O. The number of hydrogen-bond acceptors (Lipinski definition) is 5. The van der Waals surface area contributed by atoms with Gasteiger partial charge in [0.15, 0.2) is 0 Å². The van der Waals surface area contributed by atoms with E-state index in [1.54, 1.807) is 0 Å². The minimum atomic E-state index is -3.26. The third kappa shape index (κ3) is 4.41. The van der Waals surface area contributed by atoms with E-state index in [1.807, 2.05) is 4.98 Å². The predicted octanol–water partition coefficient (Wildman–Crippen LogP) is -1.82. The molecule has 8 nitrogen and oxygen atoms in total. The molecule has 3 N–H and O–H groups in total. The van der Waals surface area contributed by atoms with Crippen molar-refractivity contribution >= 4 is 10.0 Å². The Kier molecular flexibility index (Phi) is 4.07. The van der Waals surface area contributed by atoms with E-state index in [1.165, 1.54) is 0 Å². The Morgan fingerprint density at radius 3 is 2.65 bits per heavy atom. The van der Waals surface area contributed by atoms with Crippen LogP contribution in [0.1, 0.15) is 6.42 Å². The van der Waals surface area contributed by atoms with Crippen molar-refractivity contribution in [3.63, 3.8) is 0 Å². The van der Waals surface area contributed by atoms with Crippen LogP contribution in [0.4, 0.5) is 0 Å². The highest BCUT2D eigenvalue weighted by Gasteiger charge is 2.05. The highest BCUT2D eigenvalue weighted by molar-refractivity contribution is 7.88. The largest absolute Gasteiger partial charge is 0.494 e. The lowest BCUT2D eigenvalue weighted by atomic mass is 10.4. The minimum absolute atomic E-state index is 0.101. The molecule has 0 aliphatic rings. The Hall–Kier alpha value is -1.61. The zero-order chi connectivity index (χ0) is 13.1. The summed E-state index contributed by atoms with van der Waals surface area (Å²) in [6, 6.07) is 0.880. The van der Waals surface area contributed by atoms with E-state index in [9.17, 15) is 23.1 Å². The lowest BCUT2D eigenvalue weighted by Gasteiger charge is -2.07. The fourth-order valence-corrected chi connectivity index (χ4v) is 1.73. The van der Waals surface area contributed by atoms with E-state index >= 15 is 0 Å². The summed E-state index contributed by atoms with van der Waals surface area (Å²) in [5.41, 5.74) is -1.41. The Morgan fingerprint density at radius 1 is 1.47 bits per heavy atom. The van der Waals surface area contributed by atoms with Gasteiger partial charge in [0.05, 0.1) is 12.3 Å². The fourth-order valence-electron chi connectivity index (χ4n) is 1.22. The topological polar surface area (TPSA) is 121 Å². The van der Waals surface area contributed by atoms with Gasteiger partial charge in [-0.05, 0) is 6.42 Å². The van der Waals surface area contributed by atoms with Gasteiger partial charge >= 0.3 is 5.69 Å². The van der Waals surface area contributed by atoms with Crippen LogP contribution in [-0.2, 0) is 16.6 Å². The summed E-state index contributed by atoms with van der Waals surface area (Å²) in [5, 5.41) is 9.34. The molecule has 0 aliphatic carbocycles. The van der Waals surface area contributed by atoms with E-state index in [-0.39, 0.29) is 13.1 Å². The fraction of sp³-hybridized carbons (Fsp3) is 0.500. The lowest BCUT2D eigenvalue weighted by Crippen LogP contribution is -2.30. The zero-order valence-electron chi connectivity index (χ0n) is 9.13. The summed E-state index contributed by atoms with van der Waals surface area (Å²) in [7, 11) is -3.26. The number of aromatic nitrogens is 2. The quantitative estimate of drug-likeness (QED) is 0.540. The van der Waals surface area contributed by atoms with Crippen molar-refractivity contribution in [3.05, 3.63) is 26.9 Å². The van der Waals surface area contributed by atoms with Crippen molar-refractivity contribution in [1.82, 2.24) is 14.3 Å². The molecule has 9 heteroatoms.